The average Bonchev–Trinajstić information content (AvgIpc) is 3.55. The van der Waals surface area contributed by atoms with Crippen molar-refractivity contribution < 1.29 is 9.18 Å². The third kappa shape index (κ3) is 4.61. The monoisotopic (exact) mass is 513 g/mol. The minimum absolute atomic E-state index is 0.120. The van der Waals surface area contributed by atoms with Gasteiger partial charge in [-0.2, -0.15) is 5.10 Å². The zero-order chi connectivity index (χ0) is 25.4. The summed E-state index contributed by atoms with van der Waals surface area (Å²) in [6.45, 7) is 5.29. The van der Waals surface area contributed by atoms with E-state index in [9.17, 15) is 9.18 Å². The van der Waals surface area contributed by atoms with Crippen molar-refractivity contribution >= 4 is 28.1 Å². The highest BCUT2D eigenvalue weighted by Gasteiger charge is 2.28. The van der Waals surface area contributed by atoms with Crippen molar-refractivity contribution in [3.63, 3.8) is 0 Å². The molecule has 0 atom stereocenters. The summed E-state index contributed by atoms with van der Waals surface area (Å²) in [5, 5.41) is 8.63. The Morgan fingerprint density at radius 1 is 1.11 bits per heavy atom. The maximum Gasteiger partial charge on any atom is 0.274 e. The second kappa shape index (κ2) is 9.79. The van der Waals surface area contributed by atoms with Gasteiger partial charge in [0, 0.05) is 62.3 Å². The van der Waals surface area contributed by atoms with Gasteiger partial charge in [0.25, 0.3) is 5.91 Å². The second-order valence-electron chi connectivity index (χ2n) is 9.05. The van der Waals surface area contributed by atoms with E-state index in [2.05, 4.69) is 25.1 Å². The van der Waals surface area contributed by atoms with Crippen molar-refractivity contribution in [2.24, 2.45) is 0 Å². The number of aryl methyl sites for hydroxylation is 1. The van der Waals surface area contributed by atoms with Gasteiger partial charge >= 0.3 is 0 Å². The van der Waals surface area contributed by atoms with Crippen LogP contribution in [-0.4, -0.2) is 67.0 Å². The highest BCUT2D eigenvalue weighted by atomic mass is 32.1. The summed E-state index contributed by atoms with van der Waals surface area (Å²) in [5.41, 5.74) is 4.24. The molecule has 0 radical (unpaired) electrons. The number of thiazole rings is 1. The van der Waals surface area contributed by atoms with Crippen LogP contribution in [0.25, 0.3) is 32.0 Å². The number of hydrogen-bond acceptors (Lipinski definition) is 7. The summed E-state index contributed by atoms with van der Waals surface area (Å²) in [4.78, 5) is 32.1. The number of benzene rings is 1. The lowest BCUT2D eigenvalue weighted by Gasteiger charge is -2.34. The van der Waals surface area contributed by atoms with Gasteiger partial charge in [0.05, 0.1) is 16.1 Å². The standard InChI is InChI=1S/C27H24FN7OS/c1-17-13-19(28)14-21-22(17)32-33-23(21)26-31-24(25(37-26)18-5-4-7-29-15-18)27(36)35-11-9-34(10-12-35)16-20-6-2-3-8-30-20/h2-8,13-15H,9-12,16H2,1H3,(H,32,33). The van der Waals surface area contributed by atoms with Crippen LogP contribution in [0.15, 0.2) is 61.1 Å². The lowest BCUT2D eigenvalue weighted by Crippen LogP contribution is -2.48. The first kappa shape index (κ1) is 23.4. The number of fused-ring (bicyclic) bond motifs is 1. The van der Waals surface area contributed by atoms with E-state index >= 15 is 0 Å². The second-order valence-corrected chi connectivity index (χ2v) is 10.0. The third-order valence-electron chi connectivity index (χ3n) is 6.55. The lowest BCUT2D eigenvalue weighted by atomic mass is 10.1. The maximum absolute atomic E-state index is 14.2. The molecule has 0 unspecified atom stereocenters. The molecular formula is C27H24FN7OS. The van der Waals surface area contributed by atoms with Crippen molar-refractivity contribution in [2.75, 3.05) is 26.2 Å². The van der Waals surface area contributed by atoms with Gasteiger partial charge in [0.2, 0.25) is 0 Å². The number of rotatable bonds is 5. The van der Waals surface area contributed by atoms with Crippen LogP contribution in [-0.2, 0) is 6.54 Å². The normalized spacial score (nSPS) is 14.4. The molecule has 1 aliphatic rings. The van der Waals surface area contributed by atoms with Gasteiger partial charge in [-0.3, -0.25) is 24.8 Å². The summed E-state index contributed by atoms with van der Waals surface area (Å²) in [7, 11) is 0. The van der Waals surface area contributed by atoms with Crippen LogP contribution < -0.4 is 0 Å². The van der Waals surface area contributed by atoms with Crippen LogP contribution in [0.5, 0.6) is 0 Å². The molecule has 1 amide bonds. The number of carbonyl (C=O) groups is 1. The van der Waals surface area contributed by atoms with Gasteiger partial charge < -0.3 is 4.90 Å². The minimum atomic E-state index is -0.337. The number of hydrogen-bond donors (Lipinski definition) is 1. The van der Waals surface area contributed by atoms with Crippen LogP contribution in [0.4, 0.5) is 4.39 Å². The first-order valence-corrected chi connectivity index (χ1v) is 12.9. The Kier molecular flexibility index (Phi) is 6.19. The Morgan fingerprint density at radius 3 is 2.73 bits per heavy atom. The number of amides is 1. The maximum atomic E-state index is 14.2. The van der Waals surface area contributed by atoms with Gasteiger partial charge in [-0.05, 0) is 42.8 Å². The molecule has 6 rings (SSSR count). The molecule has 1 fully saturated rings. The molecule has 37 heavy (non-hydrogen) atoms. The van der Waals surface area contributed by atoms with Crippen LogP contribution in [0, 0.1) is 12.7 Å². The topological polar surface area (TPSA) is 90.9 Å². The first-order chi connectivity index (χ1) is 18.1. The number of H-pyrrole nitrogens is 1. The van der Waals surface area contributed by atoms with Gasteiger partial charge in [0.15, 0.2) is 0 Å². The largest absolute Gasteiger partial charge is 0.335 e. The molecule has 0 bridgehead atoms. The molecule has 186 valence electrons. The predicted octanol–water partition coefficient (Wildman–Crippen LogP) is 4.55. The molecule has 5 heterocycles. The zero-order valence-electron chi connectivity index (χ0n) is 20.2. The van der Waals surface area contributed by atoms with Crippen molar-refractivity contribution in [2.45, 2.75) is 13.5 Å². The molecule has 8 nitrogen and oxygen atoms in total. The van der Waals surface area contributed by atoms with E-state index in [0.29, 0.717) is 40.4 Å². The summed E-state index contributed by atoms with van der Waals surface area (Å²) in [5.74, 6) is -0.457. The fourth-order valence-corrected chi connectivity index (χ4v) is 5.71. The van der Waals surface area contributed by atoms with E-state index in [-0.39, 0.29) is 11.7 Å². The molecule has 5 aromatic rings. The lowest BCUT2D eigenvalue weighted by molar-refractivity contribution is 0.0623. The van der Waals surface area contributed by atoms with Crippen LogP contribution in [0.1, 0.15) is 21.7 Å². The van der Waals surface area contributed by atoms with Crippen molar-refractivity contribution in [3.05, 3.63) is 83.8 Å². The van der Waals surface area contributed by atoms with Crippen molar-refractivity contribution in [1.82, 2.24) is 34.9 Å². The smallest absolute Gasteiger partial charge is 0.274 e. The number of carbonyl (C=O) groups excluding carboxylic acids is 1. The minimum Gasteiger partial charge on any atom is -0.335 e. The van der Waals surface area contributed by atoms with Crippen LogP contribution in [0.2, 0.25) is 0 Å². The number of aromatic nitrogens is 5. The fraction of sp³-hybridized carbons (Fsp3) is 0.222. The van der Waals surface area contributed by atoms with E-state index in [0.717, 1.165) is 41.3 Å². The number of aromatic amines is 1. The summed E-state index contributed by atoms with van der Waals surface area (Å²) in [6, 6.07) is 12.6. The van der Waals surface area contributed by atoms with Gasteiger partial charge in [-0.1, -0.05) is 12.1 Å². The summed E-state index contributed by atoms with van der Waals surface area (Å²) >= 11 is 1.38. The first-order valence-electron chi connectivity index (χ1n) is 12.0. The Labute approximate surface area is 216 Å². The van der Waals surface area contributed by atoms with Gasteiger partial charge in [0.1, 0.15) is 22.2 Å². The number of piperazine rings is 1. The number of nitrogens with one attached hydrogen (secondary N) is 1. The number of pyridine rings is 2. The van der Waals surface area contributed by atoms with E-state index < -0.39 is 0 Å². The Hall–Kier alpha value is -4.02. The predicted molar refractivity (Wildman–Crippen MR) is 141 cm³/mol. The SMILES string of the molecule is Cc1cc(F)cc2c(-c3nc(C(=O)N4CCN(Cc5ccccn5)CC4)c(-c4cccnc4)s3)[nH]nc12. The molecule has 1 aliphatic heterocycles. The summed E-state index contributed by atoms with van der Waals surface area (Å²) < 4.78 is 14.2. The van der Waals surface area contributed by atoms with E-state index in [1.165, 1.54) is 23.5 Å². The highest BCUT2D eigenvalue weighted by Crippen LogP contribution is 2.38. The van der Waals surface area contributed by atoms with Gasteiger partial charge in [-0.25, -0.2) is 9.37 Å². The average molecular weight is 514 g/mol. The van der Waals surface area contributed by atoms with Crippen molar-refractivity contribution in [1.29, 1.82) is 0 Å². The molecule has 1 aromatic carbocycles. The molecule has 1 N–H and O–H groups in total. The Balaban J connectivity index is 1.31. The Bertz CT molecular complexity index is 1560. The molecule has 0 spiro atoms. The quantitative estimate of drug-likeness (QED) is 0.371. The zero-order valence-corrected chi connectivity index (χ0v) is 21.0. The fourth-order valence-electron chi connectivity index (χ4n) is 4.65. The highest BCUT2D eigenvalue weighted by molar-refractivity contribution is 7.18. The molecule has 0 saturated carbocycles. The number of nitrogens with zero attached hydrogens (tertiary/aromatic N) is 6. The third-order valence-corrected chi connectivity index (χ3v) is 7.67. The molecule has 4 aromatic heterocycles. The molecule has 0 aliphatic carbocycles. The van der Waals surface area contributed by atoms with E-state index in [4.69, 9.17) is 4.98 Å². The number of halogens is 1. The van der Waals surface area contributed by atoms with Crippen LogP contribution in [0.3, 0.4) is 0 Å². The molecular weight excluding hydrogens is 489 g/mol. The van der Waals surface area contributed by atoms with Gasteiger partial charge in [-0.15, -0.1) is 11.3 Å². The van der Waals surface area contributed by atoms with Crippen LogP contribution >= 0.6 is 11.3 Å². The molecule has 10 heteroatoms. The summed E-state index contributed by atoms with van der Waals surface area (Å²) in [6.07, 6.45) is 5.23. The van der Waals surface area contributed by atoms with E-state index in [1.807, 2.05) is 42.2 Å². The van der Waals surface area contributed by atoms with Crippen molar-refractivity contribution in [3.8, 4) is 21.1 Å². The Morgan fingerprint density at radius 2 is 1.97 bits per heavy atom. The van der Waals surface area contributed by atoms with E-state index in [1.54, 1.807) is 18.6 Å². The molecule has 1 saturated heterocycles.